The van der Waals surface area contributed by atoms with Gasteiger partial charge in [0.1, 0.15) is 6.54 Å². The fourth-order valence-corrected chi connectivity index (χ4v) is 4.73. The number of anilines is 1. The predicted octanol–water partition coefficient (Wildman–Crippen LogP) is 4.25. The number of para-hydroxylation sites is 1. The Bertz CT molecular complexity index is 1090. The second kappa shape index (κ2) is 7.79. The van der Waals surface area contributed by atoms with Gasteiger partial charge in [-0.3, -0.25) is 9.59 Å². The van der Waals surface area contributed by atoms with Gasteiger partial charge in [0.05, 0.1) is 0 Å². The molecule has 0 aromatic heterocycles. The number of hydrogen-bond acceptors (Lipinski definition) is 2. The van der Waals surface area contributed by atoms with Crippen LogP contribution in [0.25, 0.3) is 0 Å². The standard InChI is InChI=1S/C26H24N2O2/c29-25(18-27-16-14-20-10-4-5-11-22(20)26(27)30)28-17-15-21(19-8-2-1-3-9-19)23-12-6-7-13-24(23)28/h1-13,21H,14-18H2. The molecule has 5 rings (SSSR count). The zero-order chi connectivity index (χ0) is 20.5. The van der Waals surface area contributed by atoms with E-state index < -0.39 is 0 Å². The number of benzene rings is 3. The van der Waals surface area contributed by atoms with E-state index in [9.17, 15) is 9.59 Å². The van der Waals surface area contributed by atoms with Gasteiger partial charge in [-0.15, -0.1) is 0 Å². The van der Waals surface area contributed by atoms with E-state index in [0.717, 1.165) is 29.7 Å². The molecule has 0 bridgehead atoms. The van der Waals surface area contributed by atoms with Gasteiger partial charge in [0.15, 0.2) is 0 Å². The van der Waals surface area contributed by atoms with Crippen LogP contribution in [0.1, 0.15) is 39.4 Å². The van der Waals surface area contributed by atoms with Gasteiger partial charge >= 0.3 is 0 Å². The Morgan fingerprint density at radius 3 is 2.47 bits per heavy atom. The number of nitrogens with zero attached hydrogens (tertiary/aromatic N) is 2. The van der Waals surface area contributed by atoms with E-state index in [1.54, 1.807) is 4.90 Å². The molecule has 4 heteroatoms. The highest BCUT2D eigenvalue weighted by atomic mass is 16.2. The third-order valence-electron chi connectivity index (χ3n) is 6.26. The summed E-state index contributed by atoms with van der Waals surface area (Å²) < 4.78 is 0. The molecule has 3 aromatic rings. The minimum Gasteiger partial charge on any atom is -0.329 e. The monoisotopic (exact) mass is 396 g/mol. The van der Waals surface area contributed by atoms with Crippen LogP contribution >= 0.6 is 0 Å². The number of fused-ring (bicyclic) bond motifs is 2. The Kier molecular flexibility index (Phi) is 4.83. The normalized spacial score (nSPS) is 18.0. The Balaban J connectivity index is 1.38. The number of carbonyl (C=O) groups excluding carboxylic acids is 2. The van der Waals surface area contributed by atoms with Crippen molar-refractivity contribution >= 4 is 17.5 Å². The molecule has 150 valence electrons. The van der Waals surface area contributed by atoms with Crippen LogP contribution in [0.3, 0.4) is 0 Å². The van der Waals surface area contributed by atoms with Crippen molar-refractivity contribution in [3.8, 4) is 0 Å². The second-order valence-electron chi connectivity index (χ2n) is 7.99. The molecule has 0 N–H and O–H groups in total. The van der Waals surface area contributed by atoms with Gasteiger partial charge < -0.3 is 9.80 Å². The zero-order valence-electron chi connectivity index (χ0n) is 16.8. The van der Waals surface area contributed by atoms with E-state index in [1.165, 1.54) is 11.1 Å². The van der Waals surface area contributed by atoms with Crippen LogP contribution in [0, 0.1) is 0 Å². The van der Waals surface area contributed by atoms with Crippen molar-refractivity contribution in [3.05, 3.63) is 101 Å². The van der Waals surface area contributed by atoms with Crippen LogP contribution in [0.4, 0.5) is 5.69 Å². The van der Waals surface area contributed by atoms with Crippen LogP contribution in [0.15, 0.2) is 78.9 Å². The van der Waals surface area contributed by atoms with E-state index in [0.29, 0.717) is 13.1 Å². The SMILES string of the molecule is O=C1c2ccccc2CCN1CC(=O)N1CCC(c2ccccc2)c2ccccc21. The highest BCUT2D eigenvalue weighted by Gasteiger charge is 2.32. The fourth-order valence-electron chi connectivity index (χ4n) is 4.73. The molecule has 1 atom stereocenters. The lowest BCUT2D eigenvalue weighted by Gasteiger charge is -2.36. The summed E-state index contributed by atoms with van der Waals surface area (Å²) in [5.74, 6) is 0.231. The highest BCUT2D eigenvalue weighted by Crippen LogP contribution is 2.39. The van der Waals surface area contributed by atoms with E-state index in [-0.39, 0.29) is 24.3 Å². The molecular weight excluding hydrogens is 372 g/mol. The van der Waals surface area contributed by atoms with Crippen molar-refractivity contribution in [3.63, 3.8) is 0 Å². The molecule has 30 heavy (non-hydrogen) atoms. The minimum atomic E-state index is -0.0438. The Hall–Kier alpha value is -3.40. The summed E-state index contributed by atoms with van der Waals surface area (Å²) in [7, 11) is 0. The molecule has 0 spiro atoms. The fraction of sp³-hybridized carbons (Fsp3) is 0.231. The maximum absolute atomic E-state index is 13.3. The van der Waals surface area contributed by atoms with E-state index in [1.807, 2.05) is 53.4 Å². The van der Waals surface area contributed by atoms with Crippen molar-refractivity contribution in [2.24, 2.45) is 0 Å². The zero-order valence-corrected chi connectivity index (χ0v) is 16.8. The molecular formula is C26H24N2O2. The first-order valence-corrected chi connectivity index (χ1v) is 10.5. The molecule has 2 aliphatic rings. The van der Waals surface area contributed by atoms with Crippen LogP contribution < -0.4 is 4.90 Å². The van der Waals surface area contributed by atoms with E-state index >= 15 is 0 Å². The lowest BCUT2D eigenvalue weighted by molar-refractivity contribution is -0.119. The molecule has 0 saturated heterocycles. The Morgan fingerprint density at radius 1 is 0.867 bits per heavy atom. The molecule has 2 heterocycles. The minimum absolute atomic E-state index is 0.0123. The van der Waals surface area contributed by atoms with E-state index in [2.05, 4.69) is 30.3 Å². The highest BCUT2D eigenvalue weighted by molar-refractivity contribution is 6.02. The Labute approximate surface area is 176 Å². The molecule has 0 radical (unpaired) electrons. The molecule has 0 aliphatic carbocycles. The van der Waals surface area contributed by atoms with E-state index in [4.69, 9.17) is 0 Å². The summed E-state index contributed by atoms with van der Waals surface area (Å²) in [5.41, 5.74) is 5.21. The molecule has 1 unspecified atom stereocenters. The second-order valence-corrected chi connectivity index (χ2v) is 7.99. The van der Waals surface area contributed by atoms with Gasteiger partial charge in [-0.05, 0) is 41.7 Å². The number of hydrogen-bond donors (Lipinski definition) is 0. The van der Waals surface area contributed by atoms with Gasteiger partial charge in [0.2, 0.25) is 5.91 Å². The lowest BCUT2D eigenvalue weighted by atomic mass is 9.84. The third kappa shape index (κ3) is 3.28. The first-order valence-electron chi connectivity index (χ1n) is 10.5. The first-order chi connectivity index (χ1) is 14.7. The molecule has 0 saturated carbocycles. The smallest absolute Gasteiger partial charge is 0.254 e. The average Bonchev–Trinajstić information content (AvgIpc) is 2.81. The molecule has 0 fully saturated rings. The first kappa shape index (κ1) is 18.6. The van der Waals surface area contributed by atoms with Crippen LogP contribution in [-0.4, -0.2) is 36.3 Å². The van der Waals surface area contributed by atoms with Gasteiger partial charge in [0, 0.05) is 30.3 Å². The quantitative estimate of drug-likeness (QED) is 0.664. The number of amides is 2. The van der Waals surface area contributed by atoms with Crippen molar-refractivity contribution < 1.29 is 9.59 Å². The third-order valence-corrected chi connectivity index (χ3v) is 6.26. The summed E-state index contributed by atoms with van der Waals surface area (Å²) >= 11 is 0. The van der Waals surface area contributed by atoms with Gasteiger partial charge in [-0.25, -0.2) is 0 Å². The number of carbonyl (C=O) groups is 2. The maximum atomic E-state index is 13.3. The van der Waals surface area contributed by atoms with Crippen LogP contribution in [0.5, 0.6) is 0 Å². The predicted molar refractivity (Wildman–Crippen MR) is 118 cm³/mol. The topological polar surface area (TPSA) is 40.6 Å². The maximum Gasteiger partial charge on any atom is 0.254 e. The van der Waals surface area contributed by atoms with Crippen LogP contribution in [-0.2, 0) is 11.2 Å². The summed E-state index contributed by atoms with van der Waals surface area (Å²) in [6.45, 7) is 1.37. The van der Waals surface area contributed by atoms with Crippen LogP contribution in [0.2, 0.25) is 0 Å². The average molecular weight is 396 g/mol. The summed E-state index contributed by atoms with van der Waals surface area (Å²) in [5, 5.41) is 0. The lowest BCUT2D eigenvalue weighted by Crippen LogP contribution is -2.47. The van der Waals surface area contributed by atoms with Gasteiger partial charge in [0.25, 0.3) is 5.91 Å². The molecule has 2 aliphatic heterocycles. The van der Waals surface area contributed by atoms with Crippen molar-refractivity contribution in [2.45, 2.75) is 18.8 Å². The van der Waals surface area contributed by atoms with Gasteiger partial charge in [-0.2, -0.15) is 0 Å². The van der Waals surface area contributed by atoms with Crippen molar-refractivity contribution in [2.75, 3.05) is 24.5 Å². The largest absolute Gasteiger partial charge is 0.329 e. The molecule has 4 nitrogen and oxygen atoms in total. The summed E-state index contributed by atoms with van der Waals surface area (Å²) in [4.78, 5) is 29.7. The van der Waals surface area contributed by atoms with Crippen molar-refractivity contribution in [1.29, 1.82) is 0 Å². The number of rotatable bonds is 3. The summed E-state index contributed by atoms with van der Waals surface area (Å²) in [6.07, 6.45) is 1.67. The molecule has 2 amide bonds. The summed E-state index contributed by atoms with van der Waals surface area (Å²) in [6, 6.07) is 26.3. The van der Waals surface area contributed by atoms with Crippen molar-refractivity contribution in [1.82, 2.24) is 4.90 Å². The Morgan fingerprint density at radius 2 is 1.60 bits per heavy atom. The van der Waals surface area contributed by atoms with Gasteiger partial charge in [-0.1, -0.05) is 66.7 Å². The molecule has 3 aromatic carbocycles.